The Morgan fingerprint density at radius 1 is 1.22 bits per heavy atom. The summed E-state index contributed by atoms with van der Waals surface area (Å²) in [6, 6.07) is 8.26. The van der Waals surface area contributed by atoms with Crippen LogP contribution in [0, 0.1) is 0 Å². The van der Waals surface area contributed by atoms with Crippen LogP contribution in [0.1, 0.15) is 45.7 Å². The molecule has 0 spiro atoms. The van der Waals surface area contributed by atoms with Gasteiger partial charge in [0.1, 0.15) is 0 Å². The molecule has 0 aromatic heterocycles. The van der Waals surface area contributed by atoms with Crippen molar-refractivity contribution in [2.75, 3.05) is 13.2 Å². The lowest BCUT2D eigenvalue weighted by Crippen LogP contribution is -2.41. The lowest BCUT2D eigenvalue weighted by Gasteiger charge is -2.32. The molecule has 126 valence electrons. The van der Waals surface area contributed by atoms with Crippen LogP contribution in [0.3, 0.4) is 0 Å². The molecule has 23 heavy (non-hydrogen) atoms. The molecule has 2 rings (SSSR count). The van der Waals surface area contributed by atoms with E-state index in [4.69, 9.17) is 9.31 Å². The second kappa shape index (κ2) is 7.18. The van der Waals surface area contributed by atoms with E-state index >= 15 is 0 Å². The maximum absolute atomic E-state index is 9.76. The summed E-state index contributed by atoms with van der Waals surface area (Å²) >= 11 is 0. The highest BCUT2D eigenvalue weighted by Gasteiger charge is 2.52. The van der Waals surface area contributed by atoms with Crippen LogP contribution in [0.5, 0.6) is 0 Å². The van der Waals surface area contributed by atoms with E-state index in [2.05, 4.69) is 24.4 Å². The van der Waals surface area contributed by atoms with Crippen molar-refractivity contribution in [2.45, 2.75) is 52.4 Å². The highest BCUT2D eigenvalue weighted by atomic mass is 16.7. The van der Waals surface area contributed by atoms with Crippen molar-refractivity contribution in [2.24, 2.45) is 0 Å². The van der Waals surface area contributed by atoms with Gasteiger partial charge in [-0.2, -0.15) is 0 Å². The zero-order valence-corrected chi connectivity index (χ0v) is 14.8. The van der Waals surface area contributed by atoms with Gasteiger partial charge in [-0.15, -0.1) is 0 Å². The van der Waals surface area contributed by atoms with Gasteiger partial charge in [-0.05, 0) is 50.8 Å². The average molecular weight is 317 g/mol. The molecule has 0 unspecified atom stereocenters. The number of hydrogen-bond donors (Lipinski definition) is 2. The zero-order valence-electron chi connectivity index (χ0n) is 14.8. The third kappa shape index (κ3) is 4.24. The maximum atomic E-state index is 9.76. The number of aliphatic hydroxyl groups is 1. The van der Waals surface area contributed by atoms with Crippen molar-refractivity contribution in [1.82, 2.24) is 5.32 Å². The fourth-order valence-electron chi connectivity index (χ4n) is 2.46. The molecule has 0 amide bonds. The average Bonchev–Trinajstić information content (AvgIpc) is 2.71. The van der Waals surface area contributed by atoms with E-state index in [-0.39, 0.29) is 6.61 Å². The highest BCUT2D eigenvalue weighted by molar-refractivity contribution is 6.55. The standard InChI is InChI=1S/C18H28BNO3/c1-6-20-12-15-9-7-8-14(10-15)11-16(13-21)19-22-17(2,3)18(4,5)23-19/h7-11,20-21H,6,12-13H2,1-5H3. The van der Waals surface area contributed by atoms with Gasteiger partial charge in [0.2, 0.25) is 0 Å². The van der Waals surface area contributed by atoms with Crippen LogP contribution in [0.2, 0.25) is 0 Å². The SMILES string of the molecule is CCNCc1cccc(C=C(CO)B2OC(C)(C)C(C)(C)O2)c1. The predicted molar refractivity (Wildman–Crippen MR) is 95.0 cm³/mol. The van der Waals surface area contributed by atoms with E-state index in [1.807, 2.05) is 45.9 Å². The molecule has 0 aliphatic carbocycles. The smallest absolute Gasteiger partial charge is 0.400 e. The Hall–Kier alpha value is -1.14. The molecule has 1 aliphatic heterocycles. The Balaban J connectivity index is 2.20. The van der Waals surface area contributed by atoms with Crippen LogP contribution in [-0.4, -0.2) is 36.6 Å². The normalized spacial score (nSPS) is 20.1. The Labute approximate surface area is 140 Å². The molecule has 1 aromatic rings. The Morgan fingerprint density at radius 3 is 2.43 bits per heavy atom. The van der Waals surface area contributed by atoms with Gasteiger partial charge >= 0.3 is 7.12 Å². The van der Waals surface area contributed by atoms with Gasteiger partial charge < -0.3 is 19.7 Å². The lowest BCUT2D eigenvalue weighted by molar-refractivity contribution is 0.00578. The molecule has 1 aliphatic rings. The van der Waals surface area contributed by atoms with Crippen LogP contribution in [0.25, 0.3) is 6.08 Å². The number of hydrogen-bond acceptors (Lipinski definition) is 4. The van der Waals surface area contributed by atoms with Gasteiger partial charge in [-0.3, -0.25) is 0 Å². The van der Waals surface area contributed by atoms with E-state index in [9.17, 15) is 5.11 Å². The molecule has 0 saturated carbocycles. The molecule has 5 heteroatoms. The topological polar surface area (TPSA) is 50.7 Å². The molecule has 4 nitrogen and oxygen atoms in total. The van der Waals surface area contributed by atoms with Gasteiger partial charge in [0.05, 0.1) is 17.8 Å². The van der Waals surface area contributed by atoms with Crippen LogP contribution >= 0.6 is 0 Å². The summed E-state index contributed by atoms with van der Waals surface area (Å²) in [5.41, 5.74) is 2.19. The number of rotatable bonds is 6. The lowest BCUT2D eigenvalue weighted by atomic mass is 9.77. The molecule has 1 aromatic carbocycles. The molecule has 0 atom stereocenters. The summed E-state index contributed by atoms with van der Waals surface area (Å²) in [5, 5.41) is 13.1. The minimum Gasteiger partial charge on any atom is -0.400 e. The molecular weight excluding hydrogens is 289 g/mol. The van der Waals surface area contributed by atoms with E-state index in [0.29, 0.717) is 0 Å². The predicted octanol–water partition coefficient (Wildman–Crippen LogP) is 2.80. The second-order valence-electron chi connectivity index (χ2n) is 6.99. The van der Waals surface area contributed by atoms with Crippen molar-refractivity contribution in [1.29, 1.82) is 0 Å². The number of nitrogens with one attached hydrogen (secondary N) is 1. The Kier molecular flexibility index (Phi) is 5.68. The molecule has 2 N–H and O–H groups in total. The van der Waals surface area contributed by atoms with E-state index in [1.54, 1.807) is 0 Å². The summed E-state index contributed by atoms with van der Waals surface area (Å²) in [6.07, 6.45) is 1.96. The van der Waals surface area contributed by atoms with Gasteiger partial charge in [-0.1, -0.05) is 37.3 Å². The van der Waals surface area contributed by atoms with Crippen molar-refractivity contribution in [3.63, 3.8) is 0 Å². The first-order chi connectivity index (χ1) is 10.8. The van der Waals surface area contributed by atoms with Crippen LogP contribution in [-0.2, 0) is 15.9 Å². The molecule has 1 saturated heterocycles. The van der Waals surface area contributed by atoms with E-state index in [1.165, 1.54) is 5.56 Å². The summed E-state index contributed by atoms with van der Waals surface area (Å²) < 4.78 is 12.0. The fourth-order valence-corrected chi connectivity index (χ4v) is 2.46. The summed E-state index contributed by atoms with van der Waals surface area (Å²) in [5.74, 6) is 0. The summed E-state index contributed by atoms with van der Waals surface area (Å²) in [6.45, 7) is 11.8. The fraction of sp³-hybridized carbons (Fsp3) is 0.556. The molecule has 1 fully saturated rings. The quantitative estimate of drug-likeness (QED) is 0.792. The van der Waals surface area contributed by atoms with Gasteiger partial charge in [0.15, 0.2) is 0 Å². The third-order valence-corrected chi connectivity index (χ3v) is 4.62. The van der Waals surface area contributed by atoms with E-state index in [0.717, 1.165) is 24.1 Å². The molecule has 0 radical (unpaired) electrons. The monoisotopic (exact) mass is 317 g/mol. The first kappa shape index (κ1) is 18.2. The van der Waals surface area contributed by atoms with Crippen molar-refractivity contribution < 1.29 is 14.4 Å². The van der Waals surface area contributed by atoms with Crippen molar-refractivity contribution >= 4 is 13.2 Å². The number of aliphatic hydroxyl groups excluding tert-OH is 1. The second-order valence-corrected chi connectivity index (χ2v) is 6.99. The van der Waals surface area contributed by atoms with Gasteiger partial charge in [-0.25, -0.2) is 0 Å². The van der Waals surface area contributed by atoms with Crippen LogP contribution in [0.4, 0.5) is 0 Å². The molecule has 0 bridgehead atoms. The number of benzene rings is 1. The highest BCUT2D eigenvalue weighted by Crippen LogP contribution is 2.38. The minimum absolute atomic E-state index is 0.0890. The van der Waals surface area contributed by atoms with Crippen molar-refractivity contribution in [3.05, 3.63) is 40.9 Å². The summed E-state index contributed by atoms with van der Waals surface area (Å²) in [7, 11) is -0.512. The minimum atomic E-state index is -0.512. The maximum Gasteiger partial charge on any atom is 0.492 e. The molecule has 1 heterocycles. The summed E-state index contributed by atoms with van der Waals surface area (Å²) in [4.78, 5) is 0. The van der Waals surface area contributed by atoms with Crippen LogP contribution in [0.15, 0.2) is 29.7 Å². The first-order valence-electron chi connectivity index (χ1n) is 8.25. The first-order valence-corrected chi connectivity index (χ1v) is 8.25. The van der Waals surface area contributed by atoms with E-state index < -0.39 is 18.3 Å². The molecular formula is C18H28BNO3. The van der Waals surface area contributed by atoms with Gasteiger partial charge in [0, 0.05) is 6.54 Å². The van der Waals surface area contributed by atoms with Crippen LogP contribution < -0.4 is 5.32 Å². The third-order valence-electron chi connectivity index (χ3n) is 4.62. The Morgan fingerprint density at radius 2 is 1.87 bits per heavy atom. The Bertz CT molecular complexity index is 553. The van der Waals surface area contributed by atoms with Gasteiger partial charge in [0.25, 0.3) is 0 Å². The van der Waals surface area contributed by atoms with Crippen molar-refractivity contribution in [3.8, 4) is 0 Å². The zero-order chi connectivity index (χ0) is 17.1. The largest absolute Gasteiger partial charge is 0.492 e.